The molecule has 0 fully saturated rings. The van der Waals surface area contributed by atoms with E-state index in [1.54, 1.807) is 42.5 Å². The Labute approximate surface area is 169 Å². The Morgan fingerprint density at radius 2 is 1.68 bits per heavy atom. The van der Waals surface area contributed by atoms with Crippen molar-refractivity contribution in [1.82, 2.24) is 5.32 Å². The quantitative estimate of drug-likeness (QED) is 0.684. The third-order valence-corrected chi connectivity index (χ3v) is 4.45. The maximum absolute atomic E-state index is 12.4. The molecule has 2 rings (SSSR count). The SMILES string of the molecule is CCC(C)(C)NC(=O)COC(=O)c1ccccc1NC(=O)c1ccc(Cl)cc1. The first-order valence-corrected chi connectivity index (χ1v) is 9.24. The highest BCUT2D eigenvalue weighted by molar-refractivity contribution is 6.30. The predicted molar refractivity (Wildman–Crippen MR) is 109 cm³/mol. The van der Waals surface area contributed by atoms with Crippen molar-refractivity contribution in [2.75, 3.05) is 11.9 Å². The number of rotatable bonds is 7. The van der Waals surface area contributed by atoms with E-state index in [4.69, 9.17) is 16.3 Å². The van der Waals surface area contributed by atoms with Crippen molar-refractivity contribution >= 4 is 35.1 Å². The summed E-state index contributed by atoms with van der Waals surface area (Å²) in [4.78, 5) is 36.7. The zero-order chi connectivity index (χ0) is 20.7. The summed E-state index contributed by atoms with van der Waals surface area (Å²) in [6, 6.07) is 12.8. The summed E-state index contributed by atoms with van der Waals surface area (Å²) >= 11 is 5.83. The number of benzene rings is 2. The fourth-order valence-corrected chi connectivity index (χ4v) is 2.40. The van der Waals surface area contributed by atoms with Crippen LogP contribution >= 0.6 is 11.6 Å². The van der Waals surface area contributed by atoms with Gasteiger partial charge in [0.2, 0.25) is 0 Å². The first-order valence-electron chi connectivity index (χ1n) is 8.86. The molecule has 7 heteroatoms. The summed E-state index contributed by atoms with van der Waals surface area (Å²) < 4.78 is 5.10. The lowest BCUT2D eigenvalue weighted by Crippen LogP contribution is -2.44. The van der Waals surface area contributed by atoms with Gasteiger partial charge in [0.1, 0.15) is 0 Å². The molecule has 0 radical (unpaired) electrons. The Hall–Kier alpha value is -2.86. The molecule has 0 unspecified atom stereocenters. The largest absolute Gasteiger partial charge is 0.452 e. The zero-order valence-electron chi connectivity index (χ0n) is 16.0. The van der Waals surface area contributed by atoms with Crippen molar-refractivity contribution in [2.45, 2.75) is 32.7 Å². The number of anilines is 1. The van der Waals surface area contributed by atoms with Crippen LogP contribution in [0.1, 0.15) is 47.9 Å². The topological polar surface area (TPSA) is 84.5 Å². The molecular weight excluding hydrogens is 380 g/mol. The standard InChI is InChI=1S/C21H23ClN2O4/c1-4-21(2,3)24-18(25)13-28-20(27)16-7-5-6-8-17(16)23-19(26)14-9-11-15(22)12-10-14/h5-12H,4,13H2,1-3H3,(H,23,26)(H,24,25). The van der Waals surface area contributed by atoms with Crippen molar-refractivity contribution in [2.24, 2.45) is 0 Å². The van der Waals surface area contributed by atoms with Gasteiger partial charge in [-0.3, -0.25) is 9.59 Å². The van der Waals surface area contributed by atoms with Gasteiger partial charge in [-0.2, -0.15) is 0 Å². The number of hydrogen-bond acceptors (Lipinski definition) is 4. The molecule has 148 valence electrons. The fourth-order valence-electron chi connectivity index (χ4n) is 2.28. The van der Waals surface area contributed by atoms with E-state index in [0.717, 1.165) is 6.42 Å². The summed E-state index contributed by atoms with van der Waals surface area (Å²) in [5.41, 5.74) is 0.469. The molecule has 2 amide bonds. The van der Waals surface area contributed by atoms with Gasteiger partial charge in [0.15, 0.2) is 6.61 Å². The number of hydrogen-bond donors (Lipinski definition) is 2. The van der Waals surface area contributed by atoms with Crippen molar-refractivity contribution < 1.29 is 19.1 Å². The molecule has 0 aromatic heterocycles. The second kappa shape index (κ2) is 9.37. The van der Waals surface area contributed by atoms with Crippen LogP contribution < -0.4 is 10.6 Å². The third kappa shape index (κ3) is 6.09. The molecule has 2 aromatic rings. The molecule has 0 spiro atoms. The van der Waals surface area contributed by atoms with Gasteiger partial charge >= 0.3 is 5.97 Å². The summed E-state index contributed by atoms with van der Waals surface area (Å²) in [6.07, 6.45) is 0.742. The number of halogens is 1. The lowest BCUT2D eigenvalue weighted by molar-refractivity contribution is -0.125. The minimum absolute atomic E-state index is 0.160. The van der Waals surface area contributed by atoms with Crippen LogP contribution in [0.25, 0.3) is 0 Å². The van der Waals surface area contributed by atoms with Gasteiger partial charge < -0.3 is 15.4 Å². The molecule has 2 N–H and O–H groups in total. The molecule has 0 bridgehead atoms. The first-order chi connectivity index (χ1) is 13.2. The fraction of sp³-hybridized carbons (Fsp3) is 0.286. The molecule has 28 heavy (non-hydrogen) atoms. The summed E-state index contributed by atoms with van der Waals surface area (Å²) in [5, 5.41) is 5.99. The Morgan fingerprint density at radius 3 is 2.32 bits per heavy atom. The number of nitrogens with one attached hydrogen (secondary N) is 2. The Bertz CT molecular complexity index is 863. The molecule has 0 aliphatic rings. The highest BCUT2D eigenvalue weighted by atomic mass is 35.5. The van der Waals surface area contributed by atoms with Crippen LogP contribution in [0.15, 0.2) is 48.5 Å². The number of esters is 1. The first kappa shape index (κ1) is 21.4. The van der Waals surface area contributed by atoms with Crippen LogP contribution in [-0.4, -0.2) is 29.9 Å². The average Bonchev–Trinajstić information content (AvgIpc) is 2.66. The van der Waals surface area contributed by atoms with E-state index in [0.29, 0.717) is 16.3 Å². The molecule has 0 heterocycles. The summed E-state index contributed by atoms with van der Waals surface area (Å²) in [6.45, 7) is 5.32. The maximum Gasteiger partial charge on any atom is 0.340 e. The monoisotopic (exact) mass is 402 g/mol. The van der Waals surface area contributed by atoms with Crippen LogP contribution in [0, 0.1) is 0 Å². The minimum Gasteiger partial charge on any atom is -0.452 e. The minimum atomic E-state index is -0.698. The zero-order valence-corrected chi connectivity index (χ0v) is 16.8. The normalized spacial score (nSPS) is 10.9. The van der Waals surface area contributed by atoms with Gasteiger partial charge in [-0.05, 0) is 56.7 Å². The third-order valence-electron chi connectivity index (χ3n) is 4.20. The average molecular weight is 403 g/mol. The molecule has 6 nitrogen and oxygen atoms in total. The second-order valence-corrected chi connectivity index (χ2v) is 7.30. The molecule has 2 aromatic carbocycles. The van der Waals surface area contributed by atoms with Gasteiger partial charge in [0.25, 0.3) is 11.8 Å². The van der Waals surface area contributed by atoms with Gasteiger partial charge in [-0.15, -0.1) is 0 Å². The van der Waals surface area contributed by atoms with E-state index in [1.165, 1.54) is 6.07 Å². The summed E-state index contributed by atoms with van der Waals surface area (Å²) in [7, 11) is 0. The van der Waals surface area contributed by atoms with Crippen LogP contribution in [0.4, 0.5) is 5.69 Å². The molecule has 0 saturated heterocycles. The van der Waals surface area contributed by atoms with E-state index in [-0.39, 0.29) is 22.9 Å². The molecule has 0 atom stereocenters. The van der Waals surface area contributed by atoms with E-state index in [2.05, 4.69) is 10.6 Å². The van der Waals surface area contributed by atoms with Crippen molar-refractivity contribution in [3.63, 3.8) is 0 Å². The van der Waals surface area contributed by atoms with E-state index in [1.807, 2.05) is 20.8 Å². The highest BCUT2D eigenvalue weighted by Crippen LogP contribution is 2.18. The van der Waals surface area contributed by atoms with Crippen molar-refractivity contribution in [1.29, 1.82) is 0 Å². The van der Waals surface area contributed by atoms with E-state index < -0.39 is 12.6 Å². The van der Waals surface area contributed by atoms with Crippen LogP contribution in [0.3, 0.4) is 0 Å². The lowest BCUT2D eigenvalue weighted by atomic mass is 10.0. The molecule has 0 aliphatic heterocycles. The van der Waals surface area contributed by atoms with Crippen LogP contribution in [-0.2, 0) is 9.53 Å². The Balaban J connectivity index is 2.04. The van der Waals surface area contributed by atoms with E-state index >= 15 is 0 Å². The second-order valence-electron chi connectivity index (χ2n) is 6.87. The number of carbonyl (C=O) groups excluding carboxylic acids is 3. The summed E-state index contributed by atoms with van der Waals surface area (Å²) in [5.74, 6) is -1.47. The van der Waals surface area contributed by atoms with Gasteiger partial charge in [-0.25, -0.2) is 4.79 Å². The van der Waals surface area contributed by atoms with Gasteiger partial charge in [-0.1, -0.05) is 30.7 Å². The van der Waals surface area contributed by atoms with Crippen molar-refractivity contribution in [3.05, 3.63) is 64.7 Å². The Kier molecular flexibility index (Phi) is 7.18. The van der Waals surface area contributed by atoms with Crippen molar-refractivity contribution in [3.8, 4) is 0 Å². The van der Waals surface area contributed by atoms with Crippen LogP contribution in [0.2, 0.25) is 5.02 Å². The number of para-hydroxylation sites is 1. The highest BCUT2D eigenvalue weighted by Gasteiger charge is 2.20. The maximum atomic E-state index is 12.4. The molecule has 0 saturated carbocycles. The molecule has 0 aliphatic carbocycles. The number of amides is 2. The predicted octanol–water partition coefficient (Wildman–Crippen LogP) is 4.05. The van der Waals surface area contributed by atoms with E-state index in [9.17, 15) is 14.4 Å². The smallest absolute Gasteiger partial charge is 0.340 e. The van der Waals surface area contributed by atoms with Gasteiger partial charge in [0.05, 0.1) is 11.3 Å². The number of ether oxygens (including phenoxy) is 1. The Morgan fingerprint density at radius 1 is 1.04 bits per heavy atom. The lowest BCUT2D eigenvalue weighted by Gasteiger charge is -2.24. The molecular formula is C21H23ClN2O4. The number of carbonyl (C=O) groups is 3. The van der Waals surface area contributed by atoms with Gasteiger partial charge in [0, 0.05) is 16.1 Å². The van der Waals surface area contributed by atoms with Crippen LogP contribution in [0.5, 0.6) is 0 Å².